The predicted octanol–water partition coefficient (Wildman–Crippen LogP) is 5.08. The number of rotatable bonds is 8. The molecule has 0 bridgehead atoms. The number of esters is 2. The molecule has 0 spiro atoms. The lowest BCUT2D eigenvalue weighted by Crippen LogP contribution is -2.36. The van der Waals surface area contributed by atoms with Crippen LogP contribution < -0.4 is 5.32 Å². The number of allylic oxidation sites excluding steroid dienone is 2. The number of nitrogens with zero attached hydrogens (tertiary/aromatic N) is 2. The second-order valence-corrected chi connectivity index (χ2v) is 10.1. The van der Waals surface area contributed by atoms with Gasteiger partial charge in [-0.2, -0.15) is 0 Å². The molecule has 9 heteroatoms. The van der Waals surface area contributed by atoms with E-state index in [1.165, 1.54) is 25.7 Å². The molecule has 9 nitrogen and oxygen atoms in total. The molecule has 0 amide bonds. The summed E-state index contributed by atoms with van der Waals surface area (Å²) in [5.74, 6) is -2.12. The van der Waals surface area contributed by atoms with Gasteiger partial charge in [0.2, 0.25) is 0 Å². The maximum atomic E-state index is 14.1. The van der Waals surface area contributed by atoms with E-state index in [9.17, 15) is 19.7 Å². The number of ether oxygens (including phenoxy) is 2. The number of carbonyl (C=O) groups is 2. The van der Waals surface area contributed by atoms with Gasteiger partial charge in [0.1, 0.15) is 6.10 Å². The Morgan fingerprint density at radius 1 is 1.00 bits per heavy atom. The number of methoxy groups -OCH3 is 1. The molecule has 2 aliphatic rings. The molecular formula is C30H35N3O6. The summed E-state index contributed by atoms with van der Waals surface area (Å²) in [5, 5.41) is 14.7. The molecule has 0 aliphatic carbocycles. The summed E-state index contributed by atoms with van der Waals surface area (Å²) in [7, 11) is 1.27. The molecule has 206 valence electrons. The van der Waals surface area contributed by atoms with E-state index in [0.29, 0.717) is 23.5 Å². The van der Waals surface area contributed by atoms with E-state index < -0.39 is 28.9 Å². The molecule has 2 aromatic rings. The molecule has 4 rings (SSSR count). The molecule has 2 unspecified atom stereocenters. The van der Waals surface area contributed by atoms with Gasteiger partial charge in [-0.15, -0.1) is 0 Å². The minimum absolute atomic E-state index is 0.138. The van der Waals surface area contributed by atoms with Gasteiger partial charge in [-0.25, -0.2) is 9.59 Å². The number of nitro benzene ring substituents is 1. The van der Waals surface area contributed by atoms with Crippen molar-refractivity contribution in [3.8, 4) is 0 Å². The van der Waals surface area contributed by atoms with E-state index in [2.05, 4.69) is 10.2 Å². The second-order valence-electron chi connectivity index (χ2n) is 10.1. The Labute approximate surface area is 228 Å². The number of nitro groups is 1. The van der Waals surface area contributed by atoms with Crippen molar-refractivity contribution in [1.29, 1.82) is 0 Å². The van der Waals surface area contributed by atoms with Gasteiger partial charge in [-0.3, -0.25) is 15.0 Å². The van der Waals surface area contributed by atoms with Crippen molar-refractivity contribution in [2.45, 2.75) is 52.1 Å². The first kappa shape index (κ1) is 28.0. The molecule has 1 N–H and O–H groups in total. The minimum Gasteiger partial charge on any atom is -0.466 e. The summed E-state index contributed by atoms with van der Waals surface area (Å²) in [6.45, 7) is 7.88. The van der Waals surface area contributed by atoms with Crippen LogP contribution in [0.5, 0.6) is 0 Å². The lowest BCUT2D eigenvalue weighted by atomic mass is 9.80. The lowest BCUT2D eigenvalue weighted by Gasteiger charge is -2.33. The second kappa shape index (κ2) is 12.3. The monoisotopic (exact) mass is 533 g/mol. The lowest BCUT2D eigenvalue weighted by molar-refractivity contribution is -0.384. The number of non-ortho nitro benzene ring substituents is 1. The highest BCUT2D eigenvalue weighted by molar-refractivity contribution is 6.00. The third-order valence-corrected chi connectivity index (χ3v) is 7.46. The molecule has 39 heavy (non-hydrogen) atoms. The maximum absolute atomic E-state index is 14.1. The van der Waals surface area contributed by atoms with Crippen LogP contribution in [0.15, 0.2) is 71.1 Å². The van der Waals surface area contributed by atoms with Crippen molar-refractivity contribution < 1.29 is 24.0 Å². The fourth-order valence-corrected chi connectivity index (χ4v) is 5.51. The molecule has 2 aliphatic heterocycles. The van der Waals surface area contributed by atoms with Crippen molar-refractivity contribution in [2.75, 3.05) is 26.7 Å². The zero-order valence-corrected chi connectivity index (χ0v) is 22.9. The van der Waals surface area contributed by atoms with Crippen molar-refractivity contribution in [1.82, 2.24) is 10.2 Å². The fourth-order valence-electron chi connectivity index (χ4n) is 5.51. The quantitative estimate of drug-likeness (QED) is 0.284. The zero-order valence-electron chi connectivity index (χ0n) is 22.9. The maximum Gasteiger partial charge on any atom is 0.337 e. The van der Waals surface area contributed by atoms with Crippen LogP contribution in [-0.4, -0.2) is 48.5 Å². The Hall–Kier alpha value is -3.98. The summed E-state index contributed by atoms with van der Waals surface area (Å²) in [6.07, 6.45) is 2.86. The summed E-state index contributed by atoms with van der Waals surface area (Å²) >= 11 is 0. The number of piperidine rings is 1. The highest BCUT2D eigenvalue weighted by Gasteiger charge is 2.39. The number of benzene rings is 2. The SMILES string of the molecule is COC(=O)C1=C(C)NC(C)=C(C(=O)OC(CN2CCCCC2)c2ccccc2C)C1c1cccc([N+](=O)[O-])c1. The highest BCUT2D eigenvalue weighted by atomic mass is 16.6. The smallest absolute Gasteiger partial charge is 0.337 e. The summed E-state index contributed by atoms with van der Waals surface area (Å²) < 4.78 is 11.3. The minimum atomic E-state index is -0.904. The first-order valence-corrected chi connectivity index (χ1v) is 13.2. The summed E-state index contributed by atoms with van der Waals surface area (Å²) in [5.41, 5.74) is 3.68. The third-order valence-electron chi connectivity index (χ3n) is 7.46. The molecule has 1 saturated heterocycles. The van der Waals surface area contributed by atoms with Crippen LogP contribution in [-0.2, 0) is 19.1 Å². The van der Waals surface area contributed by atoms with E-state index in [0.717, 1.165) is 37.1 Å². The van der Waals surface area contributed by atoms with E-state index in [4.69, 9.17) is 9.47 Å². The molecule has 0 radical (unpaired) electrons. The van der Waals surface area contributed by atoms with Gasteiger partial charge in [-0.05, 0) is 63.4 Å². The number of aryl methyl sites for hydroxylation is 1. The number of likely N-dealkylation sites (tertiary alicyclic amines) is 1. The van der Waals surface area contributed by atoms with Gasteiger partial charge in [0, 0.05) is 30.1 Å². The van der Waals surface area contributed by atoms with Crippen LogP contribution in [0.1, 0.15) is 61.8 Å². The topological polar surface area (TPSA) is 111 Å². The first-order chi connectivity index (χ1) is 18.7. The van der Waals surface area contributed by atoms with Gasteiger partial charge < -0.3 is 14.8 Å². The molecule has 2 heterocycles. The number of hydrogen-bond acceptors (Lipinski definition) is 8. The Balaban J connectivity index is 1.76. The molecule has 0 saturated carbocycles. The molecule has 2 aromatic carbocycles. The van der Waals surface area contributed by atoms with Crippen LogP contribution in [0.25, 0.3) is 0 Å². The zero-order chi connectivity index (χ0) is 28.1. The number of carbonyl (C=O) groups excluding carboxylic acids is 2. The van der Waals surface area contributed by atoms with Gasteiger partial charge in [0.25, 0.3) is 5.69 Å². The molecule has 0 aromatic heterocycles. The highest BCUT2D eigenvalue weighted by Crippen LogP contribution is 2.41. The van der Waals surface area contributed by atoms with E-state index >= 15 is 0 Å². The number of nitrogens with one attached hydrogen (secondary N) is 1. The van der Waals surface area contributed by atoms with Crippen LogP contribution in [0.3, 0.4) is 0 Å². The molecule has 1 fully saturated rings. The molecule has 2 atom stereocenters. The summed E-state index contributed by atoms with van der Waals surface area (Å²) in [4.78, 5) is 40.4. The van der Waals surface area contributed by atoms with E-state index in [1.807, 2.05) is 31.2 Å². The Morgan fingerprint density at radius 2 is 1.67 bits per heavy atom. The summed E-state index contributed by atoms with van der Waals surface area (Å²) in [6, 6.07) is 13.8. The number of hydrogen-bond donors (Lipinski definition) is 1. The average molecular weight is 534 g/mol. The van der Waals surface area contributed by atoms with Crippen LogP contribution in [0, 0.1) is 17.0 Å². The van der Waals surface area contributed by atoms with Gasteiger partial charge in [0.05, 0.1) is 29.1 Å². The van der Waals surface area contributed by atoms with Gasteiger partial charge in [-0.1, -0.05) is 42.8 Å². The van der Waals surface area contributed by atoms with Crippen LogP contribution in [0.2, 0.25) is 0 Å². The van der Waals surface area contributed by atoms with Crippen LogP contribution in [0.4, 0.5) is 5.69 Å². The first-order valence-electron chi connectivity index (χ1n) is 13.2. The third kappa shape index (κ3) is 6.20. The normalized spacial score (nSPS) is 18.8. The van der Waals surface area contributed by atoms with Crippen molar-refractivity contribution in [3.63, 3.8) is 0 Å². The Bertz CT molecular complexity index is 1330. The van der Waals surface area contributed by atoms with Gasteiger partial charge >= 0.3 is 11.9 Å². The van der Waals surface area contributed by atoms with Crippen molar-refractivity contribution in [2.24, 2.45) is 0 Å². The standard InChI is InChI=1S/C30H35N3O6/c1-19-11-6-7-14-24(19)25(18-32-15-8-5-9-16-32)39-30(35)27-21(3)31-20(2)26(29(34)38-4)28(27)22-12-10-13-23(17-22)33(36)37/h6-7,10-14,17,25,28,31H,5,8-9,15-16,18H2,1-4H3. The van der Waals surface area contributed by atoms with Crippen LogP contribution >= 0.6 is 0 Å². The molecular weight excluding hydrogens is 498 g/mol. The largest absolute Gasteiger partial charge is 0.466 e. The fraction of sp³-hybridized carbons (Fsp3) is 0.400. The Kier molecular flexibility index (Phi) is 8.81. The Morgan fingerprint density at radius 3 is 2.31 bits per heavy atom. The average Bonchev–Trinajstić information content (AvgIpc) is 2.92. The van der Waals surface area contributed by atoms with Crippen molar-refractivity contribution in [3.05, 3.63) is 97.9 Å². The predicted molar refractivity (Wildman–Crippen MR) is 147 cm³/mol. The van der Waals surface area contributed by atoms with Crippen molar-refractivity contribution >= 4 is 17.6 Å². The number of dihydropyridines is 1. The van der Waals surface area contributed by atoms with E-state index in [-0.39, 0.29) is 16.8 Å². The van der Waals surface area contributed by atoms with Gasteiger partial charge in [0.15, 0.2) is 0 Å². The van der Waals surface area contributed by atoms with E-state index in [1.54, 1.807) is 26.0 Å².